The highest BCUT2D eigenvalue weighted by Gasteiger charge is 2.22. The second-order valence-electron chi connectivity index (χ2n) is 5.44. The highest BCUT2D eigenvalue weighted by molar-refractivity contribution is 6.31. The van der Waals surface area contributed by atoms with Crippen molar-refractivity contribution >= 4 is 17.6 Å². The molecular formula is C15H20ClN3O2. The van der Waals surface area contributed by atoms with E-state index in [1.165, 1.54) is 12.8 Å². The lowest BCUT2D eigenvalue weighted by molar-refractivity contribution is 0.202. The second-order valence-corrected chi connectivity index (χ2v) is 5.85. The molecule has 2 amide bonds. The molecule has 2 fully saturated rings. The number of benzene rings is 1. The summed E-state index contributed by atoms with van der Waals surface area (Å²) < 4.78 is 5.83. The Balaban J connectivity index is 1.55. The van der Waals surface area contributed by atoms with Gasteiger partial charge in [-0.25, -0.2) is 4.79 Å². The molecule has 1 saturated carbocycles. The number of hydrogen-bond acceptors (Lipinski definition) is 3. The minimum absolute atomic E-state index is 0.0136. The Morgan fingerprint density at radius 2 is 2.29 bits per heavy atom. The van der Waals surface area contributed by atoms with Gasteiger partial charge >= 0.3 is 6.03 Å². The van der Waals surface area contributed by atoms with Gasteiger partial charge in [0, 0.05) is 36.3 Å². The van der Waals surface area contributed by atoms with Crippen LogP contribution in [-0.4, -0.2) is 43.2 Å². The van der Waals surface area contributed by atoms with Crippen molar-refractivity contribution in [2.45, 2.75) is 25.4 Å². The number of carbonyl (C=O) groups is 1. The first-order chi connectivity index (χ1) is 10.2. The quantitative estimate of drug-likeness (QED) is 0.810. The van der Waals surface area contributed by atoms with Crippen molar-refractivity contribution in [3.63, 3.8) is 0 Å². The van der Waals surface area contributed by atoms with Gasteiger partial charge in [0.25, 0.3) is 0 Å². The minimum atomic E-state index is -0.0136. The summed E-state index contributed by atoms with van der Waals surface area (Å²) in [5, 5.41) is 6.95. The first-order valence-corrected chi connectivity index (χ1v) is 7.78. The first kappa shape index (κ1) is 14.5. The number of halogens is 1. The molecule has 21 heavy (non-hydrogen) atoms. The molecule has 1 saturated heterocycles. The maximum absolute atomic E-state index is 11.5. The van der Waals surface area contributed by atoms with Crippen molar-refractivity contribution in [1.29, 1.82) is 0 Å². The molecular weight excluding hydrogens is 290 g/mol. The lowest BCUT2D eigenvalue weighted by atomic mass is 10.2. The molecule has 114 valence electrons. The lowest BCUT2D eigenvalue weighted by Gasteiger charge is -2.17. The van der Waals surface area contributed by atoms with Gasteiger partial charge in [-0.3, -0.25) is 0 Å². The van der Waals surface area contributed by atoms with E-state index >= 15 is 0 Å². The first-order valence-electron chi connectivity index (χ1n) is 7.40. The summed E-state index contributed by atoms with van der Waals surface area (Å²) in [4.78, 5) is 13.2. The smallest absolute Gasteiger partial charge is 0.317 e. The van der Waals surface area contributed by atoms with Gasteiger partial charge in [0.15, 0.2) is 0 Å². The van der Waals surface area contributed by atoms with E-state index in [9.17, 15) is 4.79 Å². The fourth-order valence-electron chi connectivity index (χ4n) is 2.37. The van der Waals surface area contributed by atoms with E-state index in [-0.39, 0.29) is 6.03 Å². The maximum Gasteiger partial charge on any atom is 0.317 e. The number of amides is 2. The highest BCUT2D eigenvalue weighted by Crippen LogP contribution is 2.28. The highest BCUT2D eigenvalue weighted by atomic mass is 35.5. The third kappa shape index (κ3) is 3.80. The van der Waals surface area contributed by atoms with Gasteiger partial charge in [-0.15, -0.1) is 0 Å². The van der Waals surface area contributed by atoms with E-state index in [0.29, 0.717) is 25.7 Å². The van der Waals surface area contributed by atoms with Crippen LogP contribution in [0.25, 0.3) is 0 Å². The Morgan fingerprint density at radius 1 is 1.43 bits per heavy atom. The number of rotatable bonds is 7. The summed E-state index contributed by atoms with van der Waals surface area (Å²) in [7, 11) is 0. The second kappa shape index (κ2) is 6.54. The predicted molar refractivity (Wildman–Crippen MR) is 81.8 cm³/mol. The molecule has 3 rings (SSSR count). The van der Waals surface area contributed by atoms with Gasteiger partial charge in [-0.05, 0) is 25.0 Å². The van der Waals surface area contributed by atoms with Crippen LogP contribution in [0.1, 0.15) is 18.4 Å². The van der Waals surface area contributed by atoms with Crippen LogP contribution in [0, 0.1) is 0 Å². The third-order valence-electron chi connectivity index (χ3n) is 3.78. The molecule has 2 aliphatic rings. The summed E-state index contributed by atoms with van der Waals surface area (Å²) in [6.07, 6.45) is 2.48. The van der Waals surface area contributed by atoms with Gasteiger partial charge in [0.2, 0.25) is 0 Å². The summed E-state index contributed by atoms with van der Waals surface area (Å²) in [6.45, 7) is 3.25. The van der Waals surface area contributed by atoms with Gasteiger partial charge in [0.05, 0.1) is 6.54 Å². The van der Waals surface area contributed by atoms with Crippen LogP contribution in [0.15, 0.2) is 18.2 Å². The predicted octanol–water partition coefficient (Wildman–Crippen LogP) is 2.00. The van der Waals surface area contributed by atoms with Crippen LogP contribution in [0.5, 0.6) is 5.75 Å². The van der Waals surface area contributed by atoms with Crippen LogP contribution >= 0.6 is 11.6 Å². The molecule has 0 spiro atoms. The molecule has 0 bridgehead atoms. The van der Waals surface area contributed by atoms with E-state index in [4.69, 9.17) is 16.3 Å². The lowest BCUT2D eigenvalue weighted by Crippen LogP contribution is -2.32. The molecule has 0 unspecified atom stereocenters. The van der Waals surface area contributed by atoms with Crippen LogP contribution < -0.4 is 15.4 Å². The molecule has 0 radical (unpaired) electrons. The zero-order valence-electron chi connectivity index (χ0n) is 11.9. The van der Waals surface area contributed by atoms with E-state index < -0.39 is 0 Å². The van der Waals surface area contributed by atoms with E-state index in [2.05, 4.69) is 10.6 Å². The van der Waals surface area contributed by atoms with Crippen LogP contribution in [0.4, 0.5) is 4.79 Å². The van der Waals surface area contributed by atoms with Crippen LogP contribution in [-0.2, 0) is 6.54 Å². The van der Waals surface area contributed by atoms with Gasteiger partial charge < -0.3 is 20.3 Å². The van der Waals surface area contributed by atoms with Crippen LogP contribution in [0.3, 0.4) is 0 Å². The fraction of sp³-hybridized carbons (Fsp3) is 0.533. The van der Waals surface area contributed by atoms with Gasteiger partial charge in [-0.2, -0.15) is 0 Å². The molecule has 5 nitrogen and oxygen atoms in total. The Bertz CT molecular complexity index is 520. The van der Waals surface area contributed by atoms with E-state index in [1.807, 2.05) is 18.2 Å². The zero-order valence-corrected chi connectivity index (χ0v) is 12.7. The normalized spacial score (nSPS) is 18.0. The standard InChI is InChI=1S/C15H20ClN3O2/c16-13-2-1-3-14(12(13)10-18-11-4-5-11)21-9-8-19-7-6-17-15(19)20/h1-3,11,18H,4-10H2,(H,17,20). The van der Waals surface area contributed by atoms with E-state index in [1.54, 1.807) is 4.90 Å². The van der Waals surface area contributed by atoms with Gasteiger partial charge in [-0.1, -0.05) is 17.7 Å². The number of nitrogens with one attached hydrogen (secondary N) is 2. The van der Waals surface area contributed by atoms with Crippen molar-refractivity contribution in [3.05, 3.63) is 28.8 Å². The van der Waals surface area contributed by atoms with Crippen molar-refractivity contribution in [3.8, 4) is 5.75 Å². The van der Waals surface area contributed by atoms with Gasteiger partial charge in [0.1, 0.15) is 12.4 Å². The fourth-order valence-corrected chi connectivity index (χ4v) is 2.60. The average molecular weight is 310 g/mol. The monoisotopic (exact) mass is 309 g/mol. The number of ether oxygens (including phenoxy) is 1. The largest absolute Gasteiger partial charge is 0.491 e. The van der Waals surface area contributed by atoms with Crippen molar-refractivity contribution in [2.75, 3.05) is 26.2 Å². The molecule has 2 N–H and O–H groups in total. The number of urea groups is 1. The molecule has 0 aromatic heterocycles. The summed E-state index contributed by atoms with van der Waals surface area (Å²) in [6, 6.07) is 6.31. The maximum atomic E-state index is 11.5. The SMILES string of the molecule is O=C1NCCN1CCOc1cccc(Cl)c1CNC1CC1. The Labute approximate surface area is 129 Å². The molecule has 1 aliphatic carbocycles. The average Bonchev–Trinajstić information content (AvgIpc) is 3.21. The molecule has 1 aromatic rings. The Morgan fingerprint density at radius 3 is 3.00 bits per heavy atom. The molecule has 1 aromatic carbocycles. The van der Waals surface area contributed by atoms with Crippen LogP contribution in [0.2, 0.25) is 5.02 Å². The minimum Gasteiger partial charge on any atom is -0.491 e. The topological polar surface area (TPSA) is 53.6 Å². The van der Waals surface area contributed by atoms with Crippen molar-refractivity contribution in [1.82, 2.24) is 15.5 Å². The summed E-state index contributed by atoms with van der Waals surface area (Å²) in [5.74, 6) is 0.801. The van der Waals surface area contributed by atoms with Crippen molar-refractivity contribution in [2.24, 2.45) is 0 Å². The summed E-state index contributed by atoms with van der Waals surface area (Å²) >= 11 is 6.27. The zero-order chi connectivity index (χ0) is 14.7. The number of nitrogens with zero attached hydrogens (tertiary/aromatic N) is 1. The van der Waals surface area contributed by atoms with Crippen molar-refractivity contribution < 1.29 is 9.53 Å². The molecule has 6 heteroatoms. The molecule has 1 heterocycles. The number of hydrogen-bond donors (Lipinski definition) is 2. The summed E-state index contributed by atoms with van der Waals surface area (Å²) in [5.41, 5.74) is 0.997. The third-order valence-corrected chi connectivity index (χ3v) is 4.14. The Hall–Kier alpha value is -1.46. The molecule has 1 aliphatic heterocycles. The molecule has 0 atom stereocenters. The Kier molecular flexibility index (Phi) is 4.51. The number of carbonyl (C=O) groups excluding carboxylic acids is 1. The van der Waals surface area contributed by atoms with E-state index in [0.717, 1.165) is 29.4 Å².